The molecule has 0 aliphatic carbocycles. The number of aliphatic hydroxyl groups is 3. The molecule has 2 heterocycles. The second-order valence-electron chi connectivity index (χ2n) is 7.35. The first-order valence-corrected chi connectivity index (χ1v) is 10.9. The molecule has 3 N–H and O–H groups in total. The molecule has 2 aromatic carbocycles. The van der Waals surface area contributed by atoms with Gasteiger partial charge in [-0.1, -0.05) is 60.1 Å². The summed E-state index contributed by atoms with van der Waals surface area (Å²) in [5.74, 6) is 0. The Morgan fingerprint density at radius 1 is 0.900 bits per heavy atom. The van der Waals surface area contributed by atoms with E-state index in [0.717, 1.165) is 20.9 Å². The number of aliphatic hydroxyl groups excluding tert-OH is 3. The van der Waals surface area contributed by atoms with Crippen molar-refractivity contribution < 1.29 is 24.4 Å². The van der Waals surface area contributed by atoms with Crippen molar-refractivity contribution in [2.24, 2.45) is 0 Å². The van der Waals surface area contributed by atoms with Gasteiger partial charge in [0.25, 0.3) is 0 Å². The molecule has 1 aromatic heterocycles. The Labute approximate surface area is 183 Å². The van der Waals surface area contributed by atoms with Crippen LogP contribution in [0.5, 0.6) is 0 Å². The van der Waals surface area contributed by atoms with Crippen molar-refractivity contribution in [1.29, 1.82) is 0 Å². The third-order valence-electron chi connectivity index (χ3n) is 5.36. The molecule has 0 bridgehead atoms. The number of thiophene rings is 1. The Morgan fingerprint density at radius 2 is 1.67 bits per heavy atom. The second kappa shape index (κ2) is 9.14. The quantitative estimate of drug-likeness (QED) is 0.548. The minimum Gasteiger partial charge on any atom is -0.387 e. The zero-order valence-electron chi connectivity index (χ0n) is 16.0. The van der Waals surface area contributed by atoms with Crippen LogP contribution in [0.1, 0.15) is 22.1 Å². The summed E-state index contributed by atoms with van der Waals surface area (Å²) in [6, 6.07) is 19.6. The standard InChI is InChI=1S/C23H22ClFO4S/c24-19-14(11-15-9-10-18(30-15)13-5-2-1-3-6-13)7-4-8-16(19)23-22(28)21(27)20(26)17(12-25)29-23/h1-10,17,20-23,26-28H,11-12H2/t17-,20-,21+,22-,23+/m1/s1. The van der Waals surface area contributed by atoms with E-state index in [1.54, 1.807) is 23.5 Å². The highest BCUT2D eigenvalue weighted by Gasteiger charge is 2.44. The minimum atomic E-state index is -1.52. The molecule has 3 aromatic rings. The summed E-state index contributed by atoms with van der Waals surface area (Å²) in [4.78, 5) is 2.28. The van der Waals surface area contributed by atoms with Crippen LogP contribution in [-0.4, -0.2) is 46.4 Å². The monoisotopic (exact) mass is 448 g/mol. The summed E-state index contributed by atoms with van der Waals surface area (Å²) in [7, 11) is 0. The van der Waals surface area contributed by atoms with E-state index in [-0.39, 0.29) is 0 Å². The highest BCUT2D eigenvalue weighted by molar-refractivity contribution is 7.15. The molecular weight excluding hydrogens is 427 g/mol. The fraction of sp³-hybridized carbons (Fsp3) is 0.304. The van der Waals surface area contributed by atoms with Crippen molar-refractivity contribution in [3.05, 3.63) is 81.7 Å². The third-order valence-corrected chi connectivity index (χ3v) is 6.96. The molecule has 1 aliphatic rings. The van der Waals surface area contributed by atoms with Crippen molar-refractivity contribution in [3.8, 4) is 10.4 Å². The normalized spacial score (nSPS) is 26.6. The van der Waals surface area contributed by atoms with E-state index >= 15 is 0 Å². The number of hydrogen-bond donors (Lipinski definition) is 3. The molecule has 0 saturated carbocycles. The number of alkyl halides is 1. The molecule has 1 aliphatic heterocycles. The number of benzene rings is 2. The highest BCUT2D eigenvalue weighted by Crippen LogP contribution is 2.38. The summed E-state index contributed by atoms with van der Waals surface area (Å²) in [5, 5.41) is 30.8. The zero-order chi connectivity index (χ0) is 21.3. The lowest BCUT2D eigenvalue weighted by Crippen LogP contribution is -2.54. The van der Waals surface area contributed by atoms with Gasteiger partial charge in [0, 0.05) is 21.7 Å². The first-order chi connectivity index (χ1) is 14.5. The van der Waals surface area contributed by atoms with Crippen LogP contribution < -0.4 is 0 Å². The van der Waals surface area contributed by atoms with Crippen LogP contribution in [0.4, 0.5) is 4.39 Å². The molecular formula is C23H22ClFO4S. The van der Waals surface area contributed by atoms with Gasteiger partial charge in [-0.05, 0) is 23.3 Å². The molecule has 4 rings (SSSR count). The van der Waals surface area contributed by atoms with Gasteiger partial charge in [-0.3, -0.25) is 0 Å². The summed E-state index contributed by atoms with van der Waals surface area (Å²) in [6.45, 7) is -0.976. The van der Waals surface area contributed by atoms with Gasteiger partial charge in [0.15, 0.2) is 0 Å². The van der Waals surface area contributed by atoms with Crippen LogP contribution in [0.2, 0.25) is 5.02 Å². The average Bonchev–Trinajstić information content (AvgIpc) is 3.23. The van der Waals surface area contributed by atoms with Crippen molar-refractivity contribution in [3.63, 3.8) is 0 Å². The van der Waals surface area contributed by atoms with Gasteiger partial charge in [-0.25, -0.2) is 4.39 Å². The first-order valence-electron chi connectivity index (χ1n) is 9.66. The molecule has 5 atom stereocenters. The fourth-order valence-corrected chi connectivity index (χ4v) is 5.05. The third kappa shape index (κ3) is 4.17. The van der Waals surface area contributed by atoms with E-state index in [2.05, 4.69) is 24.3 Å². The molecule has 0 radical (unpaired) electrons. The number of halogens is 2. The van der Waals surface area contributed by atoms with Crippen LogP contribution in [-0.2, 0) is 11.2 Å². The summed E-state index contributed by atoms with van der Waals surface area (Å²) >= 11 is 8.31. The maximum atomic E-state index is 13.2. The van der Waals surface area contributed by atoms with Crippen LogP contribution in [0.15, 0.2) is 60.7 Å². The van der Waals surface area contributed by atoms with Crippen LogP contribution >= 0.6 is 22.9 Å². The number of ether oxygens (including phenoxy) is 1. The molecule has 7 heteroatoms. The maximum Gasteiger partial charge on any atom is 0.118 e. The van der Waals surface area contributed by atoms with Crippen molar-refractivity contribution in [1.82, 2.24) is 0 Å². The smallest absolute Gasteiger partial charge is 0.118 e. The molecule has 1 saturated heterocycles. The lowest BCUT2D eigenvalue weighted by Gasteiger charge is -2.40. The summed E-state index contributed by atoms with van der Waals surface area (Å²) in [5.41, 5.74) is 2.45. The predicted octanol–water partition coefficient (Wildman–Crippen LogP) is 4.15. The summed E-state index contributed by atoms with van der Waals surface area (Å²) < 4.78 is 18.8. The van der Waals surface area contributed by atoms with E-state index in [4.69, 9.17) is 16.3 Å². The Balaban J connectivity index is 1.59. The van der Waals surface area contributed by atoms with Crippen molar-refractivity contribution >= 4 is 22.9 Å². The summed E-state index contributed by atoms with van der Waals surface area (Å²) in [6.07, 6.45) is -6.09. The van der Waals surface area contributed by atoms with E-state index in [9.17, 15) is 19.7 Å². The topological polar surface area (TPSA) is 69.9 Å². The average molecular weight is 449 g/mol. The van der Waals surface area contributed by atoms with Gasteiger partial charge in [0.1, 0.15) is 37.2 Å². The van der Waals surface area contributed by atoms with Crippen molar-refractivity contribution in [2.75, 3.05) is 6.67 Å². The van der Waals surface area contributed by atoms with E-state index in [0.29, 0.717) is 17.0 Å². The second-order valence-corrected chi connectivity index (χ2v) is 8.90. The Kier molecular flexibility index (Phi) is 6.53. The van der Waals surface area contributed by atoms with Gasteiger partial charge in [-0.2, -0.15) is 0 Å². The number of hydrogen-bond acceptors (Lipinski definition) is 5. The fourth-order valence-electron chi connectivity index (χ4n) is 3.71. The molecule has 0 spiro atoms. The van der Waals surface area contributed by atoms with Crippen LogP contribution in [0, 0.1) is 0 Å². The zero-order valence-corrected chi connectivity index (χ0v) is 17.6. The highest BCUT2D eigenvalue weighted by atomic mass is 35.5. The SMILES string of the molecule is O[C@@H]1[C@@H](O)[C@H](c2cccc(Cc3ccc(-c4ccccc4)s3)c2Cl)O[C@H](CF)[C@H]1O. The Bertz CT molecular complexity index is 994. The molecule has 0 unspecified atom stereocenters. The van der Waals surface area contributed by atoms with Crippen LogP contribution in [0.3, 0.4) is 0 Å². The largest absolute Gasteiger partial charge is 0.387 e. The Hall–Kier alpha value is -1.80. The van der Waals surface area contributed by atoms with Crippen LogP contribution in [0.25, 0.3) is 10.4 Å². The van der Waals surface area contributed by atoms with Gasteiger partial charge >= 0.3 is 0 Å². The Morgan fingerprint density at radius 3 is 2.40 bits per heavy atom. The van der Waals surface area contributed by atoms with Gasteiger partial charge < -0.3 is 20.1 Å². The predicted molar refractivity (Wildman–Crippen MR) is 116 cm³/mol. The molecule has 1 fully saturated rings. The maximum absolute atomic E-state index is 13.2. The molecule has 4 nitrogen and oxygen atoms in total. The van der Waals surface area contributed by atoms with Gasteiger partial charge in [0.2, 0.25) is 0 Å². The van der Waals surface area contributed by atoms with Gasteiger partial charge in [0.05, 0.1) is 5.02 Å². The molecule has 0 amide bonds. The lowest BCUT2D eigenvalue weighted by atomic mass is 9.90. The number of rotatable bonds is 5. The van der Waals surface area contributed by atoms with E-state index in [1.165, 1.54) is 0 Å². The molecule has 30 heavy (non-hydrogen) atoms. The van der Waals surface area contributed by atoms with E-state index < -0.39 is 37.2 Å². The van der Waals surface area contributed by atoms with E-state index in [1.807, 2.05) is 24.3 Å². The lowest BCUT2D eigenvalue weighted by molar-refractivity contribution is -0.227. The molecule has 158 valence electrons. The minimum absolute atomic E-state index is 0.400. The van der Waals surface area contributed by atoms with Crippen molar-refractivity contribution in [2.45, 2.75) is 36.9 Å². The van der Waals surface area contributed by atoms with Gasteiger partial charge in [-0.15, -0.1) is 11.3 Å². The first kappa shape index (κ1) is 21.4.